The van der Waals surface area contributed by atoms with Crippen molar-refractivity contribution in [2.45, 2.75) is 20.0 Å². The highest BCUT2D eigenvalue weighted by Crippen LogP contribution is 2.10. The van der Waals surface area contributed by atoms with Crippen LogP contribution >= 0.6 is 0 Å². The molecule has 1 aromatic heterocycles. The molecule has 0 aliphatic carbocycles. The molecule has 2 aromatic rings. The average Bonchev–Trinajstić information content (AvgIpc) is 3.01. The van der Waals surface area contributed by atoms with Crippen LogP contribution in [0.3, 0.4) is 0 Å². The lowest BCUT2D eigenvalue weighted by atomic mass is 10.1. The van der Waals surface area contributed by atoms with E-state index in [-0.39, 0.29) is 12.0 Å². The Morgan fingerprint density at radius 3 is 2.81 bits per heavy atom. The molecule has 2 rings (SSSR count). The van der Waals surface area contributed by atoms with Crippen molar-refractivity contribution in [2.75, 3.05) is 13.7 Å². The number of carbonyl (C=O) groups excluding carboxylic acids is 1. The second-order valence-electron chi connectivity index (χ2n) is 5.23. The van der Waals surface area contributed by atoms with E-state index >= 15 is 0 Å². The van der Waals surface area contributed by atoms with E-state index < -0.39 is 0 Å². The van der Waals surface area contributed by atoms with Crippen molar-refractivity contribution in [1.82, 2.24) is 15.1 Å². The molecule has 0 aliphatic heterocycles. The fraction of sp³-hybridized carbons (Fsp3) is 0.375. The van der Waals surface area contributed by atoms with Gasteiger partial charge in [-0.05, 0) is 30.2 Å². The molecule has 0 saturated carbocycles. The summed E-state index contributed by atoms with van der Waals surface area (Å²) in [5, 5.41) is 7.07. The maximum atomic E-state index is 12.2. The molecular formula is C16H21N3O2. The number of carbonyl (C=O) groups is 1. The fourth-order valence-electron chi connectivity index (χ4n) is 2.10. The fourth-order valence-corrected chi connectivity index (χ4v) is 2.10. The van der Waals surface area contributed by atoms with Crippen molar-refractivity contribution >= 4 is 5.91 Å². The molecule has 0 unspecified atom stereocenters. The van der Waals surface area contributed by atoms with E-state index in [1.54, 1.807) is 24.1 Å². The number of rotatable bonds is 6. The quantitative estimate of drug-likeness (QED) is 0.886. The molecule has 0 fully saturated rings. The summed E-state index contributed by atoms with van der Waals surface area (Å²) < 4.78 is 7.08. The first-order chi connectivity index (χ1) is 10.1. The second-order valence-corrected chi connectivity index (χ2v) is 5.23. The third-order valence-electron chi connectivity index (χ3n) is 3.39. The predicted octanol–water partition coefficient (Wildman–Crippen LogP) is 2.27. The summed E-state index contributed by atoms with van der Waals surface area (Å²) in [6, 6.07) is 9.22. The standard InChI is InChI=1S/C16H21N3O2/c1-12(2)15(21-3)11-17-16(20)13-6-4-7-14(10-13)19-9-5-8-18-19/h4-10,12,15H,11H2,1-3H3,(H,17,20)/t15-/m0/s1. The minimum atomic E-state index is -0.105. The first-order valence-corrected chi connectivity index (χ1v) is 7.03. The molecular weight excluding hydrogens is 266 g/mol. The summed E-state index contributed by atoms with van der Waals surface area (Å²) >= 11 is 0. The molecule has 0 bridgehead atoms. The number of nitrogens with zero attached hydrogens (tertiary/aromatic N) is 2. The van der Waals surface area contributed by atoms with Gasteiger partial charge in [-0.2, -0.15) is 5.10 Å². The summed E-state index contributed by atoms with van der Waals surface area (Å²) in [6.45, 7) is 4.64. The van der Waals surface area contributed by atoms with Crippen molar-refractivity contribution < 1.29 is 9.53 Å². The molecule has 112 valence electrons. The lowest BCUT2D eigenvalue weighted by Crippen LogP contribution is -2.36. The zero-order valence-electron chi connectivity index (χ0n) is 12.6. The lowest BCUT2D eigenvalue weighted by molar-refractivity contribution is 0.0605. The number of amides is 1. The van der Waals surface area contributed by atoms with E-state index in [4.69, 9.17) is 4.74 Å². The van der Waals surface area contributed by atoms with Crippen LogP contribution in [-0.4, -0.2) is 35.4 Å². The first-order valence-electron chi connectivity index (χ1n) is 7.03. The van der Waals surface area contributed by atoms with Crippen molar-refractivity contribution in [3.8, 4) is 5.69 Å². The average molecular weight is 287 g/mol. The number of ether oxygens (including phenoxy) is 1. The molecule has 21 heavy (non-hydrogen) atoms. The van der Waals surface area contributed by atoms with Crippen LogP contribution in [0.5, 0.6) is 0 Å². The van der Waals surface area contributed by atoms with Crippen LogP contribution in [0.1, 0.15) is 24.2 Å². The van der Waals surface area contributed by atoms with Gasteiger partial charge in [0, 0.05) is 31.6 Å². The number of benzene rings is 1. The normalized spacial score (nSPS) is 12.4. The van der Waals surface area contributed by atoms with Crippen LogP contribution in [0.2, 0.25) is 0 Å². The van der Waals surface area contributed by atoms with Crippen LogP contribution in [0.4, 0.5) is 0 Å². The van der Waals surface area contributed by atoms with Gasteiger partial charge in [-0.3, -0.25) is 4.79 Å². The third kappa shape index (κ3) is 3.92. The van der Waals surface area contributed by atoms with Gasteiger partial charge in [-0.15, -0.1) is 0 Å². The van der Waals surface area contributed by atoms with Gasteiger partial charge >= 0.3 is 0 Å². The van der Waals surface area contributed by atoms with Gasteiger partial charge < -0.3 is 10.1 Å². The van der Waals surface area contributed by atoms with Crippen LogP contribution in [-0.2, 0) is 4.74 Å². The van der Waals surface area contributed by atoms with Gasteiger partial charge in [0.2, 0.25) is 0 Å². The van der Waals surface area contributed by atoms with Gasteiger partial charge in [0.05, 0.1) is 11.8 Å². The van der Waals surface area contributed by atoms with Crippen molar-refractivity contribution in [3.05, 3.63) is 48.3 Å². The highest BCUT2D eigenvalue weighted by molar-refractivity contribution is 5.94. The SMILES string of the molecule is CO[C@@H](CNC(=O)c1cccc(-n2cccn2)c1)C(C)C. The minimum absolute atomic E-state index is 0.0169. The monoisotopic (exact) mass is 287 g/mol. The molecule has 0 saturated heterocycles. The molecule has 0 aliphatic rings. The van der Waals surface area contributed by atoms with Gasteiger partial charge in [0.15, 0.2) is 0 Å². The Bertz CT molecular complexity index is 579. The number of hydrogen-bond acceptors (Lipinski definition) is 3. The molecule has 1 heterocycles. The smallest absolute Gasteiger partial charge is 0.251 e. The van der Waals surface area contributed by atoms with E-state index in [2.05, 4.69) is 24.3 Å². The predicted molar refractivity (Wildman–Crippen MR) is 81.5 cm³/mol. The van der Waals surface area contributed by atoms with Crippen LogP contribution in [0.25, 0.3) is 5.69 Å². The Labute approximate surface area is 124 Å². The minimum Gasteiger partial charge on any atom is -0.379 e. The van der Waals surface area contributed by atoms with Crippen molar-refractivity contribution in [3.63, 3.8) is 0 Å². The summed E-state index contributed by atoms with van der Waals surface area (Å²) in [7, 11) is 1.66. The summed E-state index contributed by atoms with van der Waals surface area (Å²) in [5.41, 5.74) is 1.47. The van der Waals surface area contributed by atoms with Crippen LogP contribution in [0.15, 0.2) is 42.7 Å². The van der Waals surface area contributed by atoms with E-state index in [0.29, 0.717) is 18.0 Å². The number of aromatic nitrogens is 2. The highest BCUT2D eigenvalue weighted by Gasteiger charge is 2.14. The largest absolute Gasteiger partial charge is 0.379 e. The summed E-state index contributed by atoms with van der Waals surface area (Å²) in [4.78, 5) is 12.2. The van der Waals surface area contributed by atoms with Crippen LogP contribution in [0, 0.1) is 5.92 Å². The molecule has 5 nitrogen and oxygen atoms in total. The van der Waals surface area contributed by atoms with E-state index in [1.807, 2.05) is 30.5 Å². The van der Waals surface area contributed by atoms with Gasteiger partial charge in [0.25, 0.3) is 5.91 Å². The Hall–Kier alpha value is -2.14. The zero-order chi connectivity index (χ0) is 15.2. The van der Waals surface area contributed by atoms with Crippen LogP contribution < -0.4 is 5.32 Å². The Morgan fingerprint density at radius 2 is 2.19 bits per heavy atom. The molecule has 0 spiro atoms. The molecule has 1 amide bonds. The molecule has 5 heteroatoms. The number of nitrogens with one attached hydrogen (secondary N) is 1. The maximum absolute atomic E-state index is 12.2. The number of methoxy groups -OCH3 is 1. The third-order valence-corrected chi connectivity index (χ3v) is 3.39. The van der Waals surface area contributed by atoms with Gasteiger partial charge in [-0.1, -0.05) is 19.9 Å². The van der Waals surface area contributed by atoms with E-state index in [1.165, 1.54) is 0 Å². The van der Waals surface area contributed by atoms with Crippen molar-refractivity contribution in [1.29, 1.82) is 0 Å². The molecule has 1 N–H and O–H groups in total. The Morgan fingerprint density at radius 1 is 1.38 bits per heavy atom. The summed E-state index contributed by atoms with van der Waals surface area (Å²) in [5.74, 6) is 0.248. The Balaban J connectivity index is 2.04. The van der Waals surface area contributed by atoms with Crippen molar-refractivity contribution in [2.24, 2.45) is 5.92 Å². The van der Waals surface area contributed by atoms with Gasteiger partial charge in [0.1, 0.15) is 0 Å². The summed E-state index contributed by atoms with van der Waals surface area (Å²) in [6.07, 6.45) is 3.57. The first kappa shape index (κ1) is 15.3. The highest BCUT2D eigenvalue weighted by atomic mass is 16.5. The number of hydrogen-bond donors (Lipinski definition) is 1. The topological polar surface area (TPSA) is 56.1 Å². The molecule has 0 radical (unpaired) electrons. The molecule has 1 aromatic carbocycles. The van der Waals surface area contributed by atoms with Gasteiger partial charge in [-0.25, -0.2) is 4.68 Å². The van der Waals surface area contributed by atoms with E-state index in [0.717, 1.165) is 5.69 Å². The second kappa shape index (κ2) is 7.04. The zero-order valence-corrected chi connectivity index (χ0v) is 12.6. The lowest BCUT2D eigenvalue weighted by Gasteiger charge is -2.19. The Kier molecular flexibility index (Phi) is 5.11. The maximum Gasteiger partial charge on any atom is 0.251 e. The van der Waals surface area contributed by atoms with E-state index in [9.17, 15) is 4.79 Å². The molecule has 1 atom stereocenters.